The van der Waals surface area contributed by atoms with Crippen molar-refractivity contribution in [2.24, 2.45) is 34.1 Å². The van der Waals surface area contributed by atoms with E-state index < -0.39 is 17.2 Å². The molecular formula is C20H34N2O2. The van der Waals surface area contributed by atoms with Gasteiger partial charge in [-0.3, -0.25) is 9.59 Å². The van der Waals surface area contributed by atoms with Gasteiger partial charge in [0, 0.05) is 0 Å². The first-order valence-electron chi connectivity index (χ1n) is 10.2. The molecule has 3 rings (SSSR count). The second-order valence-electron chi connectivity index (χ2n) is 8.55. The van der Waals surface area contributed by atoms with Gasteiger partial charge >= 0.3 is 0 Å². The fourth-order valence-electron chi connectivity index (χ4n) is 6.75. The maximum Gasteiger partial charge on any atom is 0.233 e. The standard InChI is InChI=1S/C20H34N2O2/c21-17(23)20(18(22)24)14-8-7-13-19(20,15-9-3-1-4-10-15)16-11-5-2-6-12-16/h15-16H,1-14H2,(H2,21,23)(H2,22,24). The maximum atomic E-state index is 12.7. The summed E-state index contributed by atoms with van der Waals surface area (Å²) in [7, 11) is 0. The minimum atomic E-state index is -1.12. The lowest BCUT2D eigenvalue weighted by Gasteiger charge is -2.59. The molecule has 4 nitrogen and oxygen atoms in total. The predicted octanol–water partition coefficient (Wildman–Crippen LogP) is 3.66. The lowest BCUT2D eigenvalue weighted by Crippen LogP contribution is -2.65. The lowest BCUT2D eigenvalue weighted by atomic mass is 9.43. The average Bonchev–Trinajstić information content (AvgIpc) is 2.62. The van der Waals surface area contributed by atoms with Gasteiger partial charge in [0.2, 0.25) is 11.8 Å². The minimum Gasteiger partial charge on any atom is -0.369 e. The highest BCUT2D eigenvalue weighted by molar-refractivity contribution is 6.05. The fourth-order valence-corrected chi connectivity index (χ4v) is 6.75. The first-order valence-corrected chi connectivity index (χ1v) is 10.2. The predicted molar refractivity (Wildman–Crippen MR) is 94.9 cm³/mol. The molecule has 0 unspecified atom stereocenters. The molecule has 0 spiro atoms. The van der Waals surface area contributed by atoms with Crippen LogP contribution in [0.4, 0.5) is 0 Å². The van der Waals surface area contributed by atoms with Gasteiger partial charge in [-0.1, -0.05) is 51.4 Å². The number of carbonyl (C=O) groups is 2. The number of hydrogen-bond donors (Lipinski definition) is 2. The number of nitrogens with two attached hydrogens (primary N) is 2. The van der Waals surface area contributed by atoms with Gasteiger partial charge in [-0.25, -0.2) is 0 Å². The van der Waals surface area contributed by atoms with Crippen molar-refractivity contribution in [3.8, 4) is 0 Å². The van der Waals surface area contributed by atoms with Crippen LogP contribution in [0.25, 0.3) is 0 Å². The Hall–Kier alpha value is -1.06. The Kier molecular flexibility index (Phi) is 5.22. The molecule has 0 aromatic carbocycles. The molecule has 24 heavy (non-hydrogen) atoms. The second kappa shape index (κ2) is 7.05. The highest BCUT2D eigenvalue weighted by atomic mass is 16.2. The number of hydrogen-bond acceptors (Lipinski definition) is 2. The van der Waals surface area contributed by atoms with Gasteiger partial charge in [-0.2, -0.15) is 0 Å². The SMILES string of the molecule is NC(=O)C1(C(N)=O)CCCCC1(C1CCCCC1)C1CCCCC1. The molecule has 0 aromatic heterocycles. The quantitative estimate of drug-likeness (QED) is 0.769. The van der Waals surface area contributed by atoms with E-state index >= 15 is 0 Å². The van der Waals surface area contributed by atoms with E-state index in [1.807, 2.05) is 0 Å². The molecule has 3 aliphatic carbocycles. The van der Waals surface area contributed by atoms with E-state index in [1.54, 1.807) is 0 Å². The molecule has 3 fully saturated rings. The molecule has 3 saturated carbocycles. The maximum absolute atomic E-state index is 12.7. The smallest absolute Gasteiger partial charge is 0.233 e. The van der Waals surface area contributed by atoms with Crippen LogP contribution in [0.2, 0.25) is 0 Å². The van der Waals surface area contributed by atoms with Gasteiger partial charge in [0.15, 0.2) is 0 Å². The molecule has 4 N–H and O–H groups in total. The molecule has 3 aliphatic rings. The zero-order valence-electron chi connectivity index (χ0n) is 15.0. The Morgan fingerprint density at radius 1 is 0.625 bits per heavy atom. The summed E-state index contributed by atoms with van der Waals surface area (Å²) in [5.41, 5.74) is 10.5. The van der Waals surface area contributed by atoms with Crippen LogP contribution in [0.1, 0.15) is 89.9 Å². The summed E-state index contributed by atoms with van der Waals surface area (Å²) in [6.45, 7) is 0. The average molecular weight is 335 g/mol. The largest absolute Gasteiger partial charge is 0.369 e. The van der Waals surface area contributed by atoms with Crippen molar-refractivity contribution in [1.29, 1.82) is 0 Å². The van der Waals surface area contributed by atoms with E-state index in [0.29, 0.717) is 18.3 Å². The molecule has 0 radical (unpaired) electrons. The first kappa shape index (κ1) is 17.8. The Bertz CT molecular complexity index is 444. The Morgan fingerprint density at radius 2 is 1.04 bits per heavy atom. The zero-order chi connectivity index (χ0) is 17.2. The summed E-state index contributed by atoms with van der Waals surface area (Å²) >= 11 is 0. The lowest BCUT2D eigenvalue weighted by molar-refractivity contribution is -0.172. The van der Waals surface area contributed by atoms with E-state index in [9.17, 15) is 9.59 Å². The van der Waals surface area contributed by atoms with Crippen LogP contribution >= 0.6 is 0 Å². The molecule has 0 aliphatic heterocycles. The molecule has 4 heteroatoms. The number of rotatable bonds is 4. The Labute approximate surface area is 146 Å². The van der Waals surface area contributed by atoms with Crippen LogP contribution in [0.3, 0.4) is 0 Å². The molecular weight excluding hydrogens is 300 g/mol. The highest BCUT2D eigenvalue weighted by Gasteiger charge is 2.65. The monoisotopic (exact) mass is 334 g/mol. The van der Waals surface area contributed by atoms with Gasteiger partial charge in [0.1, 0.15) is 5.41 Å². The molecule has 0 heterocycles. The van der Waals surface area contributed by atoms with Crippen molar-refractivity contribution in [3.05, 3.63) is 0 Å². The number of amides is 2. The van der Waals surface area contributed by atoms with Gasteiger partial charge < -0.3 is 11.5 Å². The summed E-state index contributed by atoms with van der Waals surface area (Å²) in [5.74, 6) is 0.000920. The molecule has 2 amide bonds. The van der Waals surface area contributed by atoms with E-state index in [1.165, 1.54) is 38.5 Å². The van der Waals surface area contributed by atoms with Gasteiger partial charge in [-0.15, -0.1) is 0 Å². The van der Waals surface area contributed by atoms with Crippen molar-refractivity contribution >= 4 is 11.8 Å². The summed E-state index contributed by atoms with van der Waals surface area (Å²) in [6.07, 6.45) is 15.5. The van der Waals surface area contributed by atoms with Crippen molar-refractivity contribution in [2.75, 3.05) is 0 Å². The Morgan fingerprint density at radius 3 is 1.46 bits per heavy atom. The summed E-state index contributed by atoms with van der Waals surface area (Å²) in [4.78, 5) is 25.5. The zero-order valence-corrected chi connectivity index (χ0v) is 15.0. The van der Waals surface area contributed by atoms with Gasteiger partial charge in [0.05, 0.1) is 0 Å². The Balaban J connectivity index is 2.12. The van der Waals surface area contributed by atoms with Crippen LogP contribution < -0.4 is 11.5 Å². The summed E-state index contributed by atoms with van der Waals surface area (Å²) in [5, 5.41) is 0. The summed E-state index contributed by atoms with van der Waals surface area (Å²) < 4.78 is 0. The van der Waals surface area contributed by atoms with Crippen LogP contribution in [-0.2, 0) is 9.59 Å². The van der Waals surface area contributed by atoms with Crippen molar-refractivity contribution in [3.63, 3.8) is 0 Å². The van der Waals surface area contributed by atoms with E-state index in [-0.39, 0.29) is 5.41 Å². The van der Waals surface area contributed by atoms with E-state index in [4.69, 9.17) is 11.5 Å². The highest BCUT2D eigenvalue weighted by Crippen LogP contribution is 2.64. The topological polar surface area (TPSA) is 86.2 Å². The summed E-state index contributed by atoms with van der Waals surface area (Å²) in [6, 6.07) is 0. The van der Waals surface area contributed by atoms with Crippen LogP contribution in [0.5, 0.6) is 0 Å². The van der Waals surface area contributed by atoms with Crippen LogP contribution in [-0.4, -0.2) is 11.8 Å². The van der Waals surface area contributed by atoms with E-state index in [2.05, 4.69) is 0 Å². The third kappa shape index (κ3) is 2.57. The van der Waals surface area contributed by atoms with Crippen LogP contribution in [0.15, 0.2) is 0 Å². The normalized spacial score (nSPS) is 28.3. The minimum absolute atomic E-state index is 0.274. The molecule has 0 aromatic rings. The molecule has 0 saturated heterocycles. The van der Waals surface area contributed by atoms with Gasteiger partial charge in [0.25, 0.3) is 0 Å². The molecule has 0 atom stereocenters. The van der Waals surface area contributed by atoms with Crippen molar-refractivity contribution in [2.45, 2.75) is 89.9 Å². The van der Waals surface area contributed by atoms with Crippen molar-refractivity contribution in [1.82, 2.24) is 0 Å². The number of primary amides is 2. The molecule has 0 bridgehead atoms. The third-order valence-corrected chi connectivity index (χ3v) is 7.70. The van der Waals surface area contributed by atoms with E-state index in [0.717, 1.165) is 44.9 Å². The van der Waals surface area contributed by atoms with Crippen LogP contribution in [0, 0.1) is 22.7 Å². The fraction of sp³-hybridized carbons (Fsp3) is 0.900. The van der Waals surface area contributed by atoms with Gasteiger partial charge in [-0.05, 0) is 55.8 Å². The third-order valence-electron chi connectivity index (χ3n) is 7.70. The second-order valence-corrected chi connectivity index (χ2v) is 8.55. The van der Waals surface area contributed by atoms with Crippen molar-refractivity contribution < 1.29 is 9.59 Å². The first-order chi connectivity index (χ1) is 11.6. The molecule has 136 valence electrons. The number of carbonyl (C=O) groups excluding carboxylic acids is 2.